The highest BCUT2D eigenvalue weighted by atomic mass is 79.9. The van der Waals surface area contributed by atoms with Crippen LogP contribution in [0.2, 0.25) is 5.02 Å². The summed E-state index contributed by atoms with van der Waals surface area (Å²) in [6.45, 7) is 0. The van der Waals surface area contributed by atoms with Gasteiger partial charge in [-0.25, -0.2) is 0 Å². The smallest absolute Gasteiger partial charge is 0.312 e. The van der Waals surface area contributed by atoms with Crippen LogP contribution < -0.4 is 4.74 Å². The van der Waals surface area contributed by atoms with Crippen molar-refractivity contribution < 1.29 is 9.66 Å². The van der Waals surface area contributed by atoms with E-state index in [0.29, 0.717) is 4.83 Å². The average molecular weight is 307 g/mol. The van der Waals surface area contributed by atoms with E-state index in [0.717, 1.165) is 12.8 Å². The molecule has 0 N–H and O–H groups in total. The van der Waals surface area contributed by atoms with Crippen LogP contribution in [0.4, 0.5) is 5.69 Å². The molecule has 4 nitrogen and oxygen atoms in total. The van der Waals surface area contributed by atoms with E-state index < -0.39 is 4.92 Å². The minimum absolute atomic E-state index is 0.0166. The van der Waals surface area contributed by atoms with Gasteiger partial charge in [-0.1, -0.05) is 33.6 Å². The number of nitro benzene ring substituents is 1. The second-order valence-electron chi connectivity index (χ2n) is 3.65. The van der Waals surface area contributed by atoms with E-state index in [9.17, 15) is 10.1 Å². The van der Waals surface area contributed by atoms with Gasteiger partial charge in [0.25, 0.3) is 0 Å². The minimum atomic E-state index is -0.481. The monoisotopic (exact) mass is 305 g/mol. The molecule has 0 radical (unpaired) electrons. The maximum Gasteiger partial charge on any atom is 0.312 e. The first-order valence-electron chi connectivity index (χ1n) is 4.81. The van der Waals surface area contributed by atoms with Crippen molar-refractivity contribution in [2.75, 3.05) is 0 Å². The summed E-state index contributed by atoms with van der Waals surface area (Å²) >= 11 is 9.33. The quantitative estimate of drug-likeness (QED) is 0.487. The number of hydrogen-bond acceptors (Lipinski definition) is 3. The molecule has 0 spiro atoms. The molecule has 0 amide bonds. The van der Waals surface area contributed by atoms with Crippen molar-refractivity contribution in [1.29, 1.82) is 0 Å². The zero-order valence-electron chi connectivity index (χ0n) is 8.23. The first-order chi connectivity index (χ1) is 7.58. The van der Waals surface area contributed by atoms with Crippen molar-refractivity contribution >= 4 is 33.2 Å². The highest BCUT2D eigenvalue weighted by molar-refractivity contribution is 9.09. The molecular weight excluding hydrogens is 297 g/mol. The molecule has 0 aliphatic heterocycles. The molecule has 2 rings (SSSR count). The first kappa shape index (κ1) is 11.7. The van der Waals surface area contributed by atoms with Crippen LogP contribution >= 0.6 is 27.5 Å². The van der Waals surface area contributed by atoms with Crippen LogP contribution in [0.15, 0.2) is 18.2 Å². The Morgan fingerprint density at radius 1 is 1.50 bits per heavy atom. The van der Waals surface area contributed by atoms with Gasteiger partial charge >= 0.3 is 5.69 Å². The van der Waals surface area contributed by atoms with E-state index in [-0.39, 0.29) is 22.6 Å². The average Bonchev–Trinajstić information content (AvgIpc) is 2.18. The van der Waals surface area contributed by atoms with Crippen molar-refractivity contribution in [1.82, 2.24) is 0 Å². The normalized spacial score (nSPS) is 23.6. The summed E-state index contributed by atoms with van der Waals surface area (Å²) in [5.41, 5.74) is -0.0782. The molecule has 6 heteroatoms. The number of alkyl halides is 1. The van der Waals surface area contributed by atoms with E-state index in [2.05, 4.69) is 15.9 Å². The lowest BCUT2D eigenvalue weighted by atomic mass is 9.96. The van der Waals surface area contributed by atoms with Gasteiger partial charge in [-0.05, 0) is 18.9 Å². The summed E-state index contributed by atoms with van der Waals surface area (Å²) in [5, 5.41) is 11.1. The molecule has 1 aliphatic rings. The molecule has 0 unspecified atom stereocenters. The number of hydrogen-bond donors (Lipinski definition) is 0. The molecule has 16 heavy (non-hydrogen) atoms. The minimum Gasteiger partial charge on any atom is -0.482 e. The zero-order chi connectivity index (χ0) is 11.7. The predicted molar refractivity (Wildman–Crippen MR) is 64.5 cm³/mol. The molecule has 0 aromatic heterocycles. The number of para-hydroxylation sites is 1. The van der Waals surface area contributed by atoms with Gasteiger partial charge in [-0.15, -0.1) is 0 Å². The second-order valence-corrected chi connectivity index (χ2v) is 5.36. The lowest BCUT2D eigenvalue weighted by molar-refractivity contribution is -0.386. The van der Waals surface area contributed by atoms with Crippen LogP contribution in [0.1, 0.15) is 12.8 Å². The van der Waals surface area contributed by atoms with Crippen LogP contribution in [-0.2, 0) is 0 Å². The number of nitro groups is 1. The Balaban J connectivity index is 2.21. The van der Waals surface area contributed by atoms with Crippen molar-refractivity contribution in [2.45, 2.75) is 23.8 Å². The van der Waals surface area contributed by atoms with Crippen LogP contribution in [-0.4, -0.2) is 15.9 Å². The number of halogens is 2. The molecule has 0 saturated heterocycles. The fourth-order valence-corrected chi connectivity index (χ4v) is 2.57. The van der Waals surface area contributed by atoms with Crippen molar-refractivity contribution in [3.63, 3.8) is 0 Å². The fraction of sp³-hybridized carbons (Fsp3) is 0.400. The molecule has 1 aromatic carbocycles. The molecule has 1 aliphatic carbocycles. The lowest BCUT2D eigenvalue weighted by Gasteiger charge is -2.31. The van der Waals surface area contributed by atoms with Gasteiger partial charge in [0.2, 0.25) is 5.75 Å². The maximum atomic E-state index is 10.8. The molecule has 1 fully saturated rings. The lowest BCUT2D eigenvalue weighted by Crippen LogP contribution is -2.34. The van der Waals surface area contributed by atoms with Gasteiger partial charge in [-0.2, -0.15) is 0 Å². The summed E-state index contributed by atoms with van der Waals surface area (Å²) < 4.78 is 5.54. The molecule has 1 aromatic rings. The third kappa shape index (κ3) is 2.30. The van der Waals surface area contributed by atoms with E-state index in [1.165, 1.54) is 6.07 Å². The van der Waals surface area contributed by atoms with Gasteiger partial charge in [0.1, 0.15) is 6.10 Å². The largest absolute Gasteiger partial charge is 0.482 e. The molecule has 0 heterocycles. The maximum absolute atomic E-state index is 10.8. The summed E-state index contributed by atoms with van der Waals surface area (Å²) in [7, 11) is 0. The first-order valence-corrected chi connectivity index (χ1v) is 6.11. The third-order valence-electron chi connectivity index (χ3n) is 2.46. The van der Waals surface area contributed by atoms with Crippen LogP contribution in [0, 0.1) is 10.1 Å². The summed E-state index contributed by atoms with van der Waals surface area (Å²) in [4.78, 5) is 10.7. The van der Waals surface area contributed by atoms with Crippen LogP contribution in [0.3, 0.4) is 0 Å². The van der Waals surface area contributed by atoms with E-state index in [4.69, 9.17) is 16.3 Å². The Morgan fingerprint density at radius 3 is 2.75 bits per heavy atom. The highest BCUT2D eigenvalue weighted by Crippen LogP contribution is 2.39. The fourth-order valence-electron chi connectivity index (χ4n) is 1.52. The van der Waals surface area contributed by atoms with E-state index >= 15 is 0 Å². The van der Waals surface area contributed by atoms with E-state index in [1.807, 2.05) is 0 Å². The van der Waals surface area contributed by atoms with Gasteiger partial charge in [0.05, 0.1) is 9.95 Å². The number of nitrogens with zero attached hydrogens (tertiary/aromatic N) is 1. The SMILES string of the molecule is O=[N+]([O-])c1cccc(Cl)c1OC1CC(Br)C1. The molecule has 1 saturated carbocycles. The van der Waals surface area contributed by atoms with Gasteiger partial charge in [0, 0.05) is 10.9 Å². The molecular formula is C10H9BrClNO3. The standard InChI is InChI=1S/C10H9BrClNO3/c11-6-4-7(5-6)16-10-8(12)2-1-3-9(10)13(14)15/h1-3,6-7H,4-5H2. The summed E-state index contributed by atoms with van der Waals surface area (Å²) in [5.74, 6) is 0.179. The summed E-state index contributed by atoms with van der Waals surface area (Å²) in [6, 6.07) is 4.53. The van der Waals surface area contributed by atoms with Crippen LogP contribution in [0.25, 0.3) is 0 Å². The van der Waals surface area contributed by atoms with Crippen molar-refractivity contribution in [2.24, 2.45) is 0 Å². The van der Waals surface area contributed by atoms with Crippen molar-refractivity contribution in [3.05, 3.63) is 33.3 Å². The van der Waals surface area contributed by atoms with E-state index in [1.54, 1.807) is 12.1 Å². The molecule has 0 atom stereocenters. The van der Waals surface area contributed by atoms with Gasteiger partial charge < -0.3 is 4.74 Å². The Bertz CT molecular complexity index is 421. The van der Waals surface area contributed by atoms with Crippen LogP contribution in [0.5, 0.6) is 5.75 Å². The zero-order valence-corrected chi connectivity index (χ0v) is 10.6. The topological polar surface area (TPSA) is 52.4 Å². The molecule has 86 valence electrons. The highest BCUT2D eigenvalue weighted by Gasteiger charge is 2.31. The Labute approximate surface area is 106 Å². The summed E-state index contributed by atoms with van der Waals surface area (Å²) in [6.07, 6.45) is 1.72. The molecule has 0 bridgehead atoms. The predicted octanol–water partition coefficient (Wildman–Crippen LogP) is 3.55. The number of benzene rings is 1. The third-order valence-corrected chi connectivity index (χ3v) is 3.51. The Hall–Kier alpha value is -0.810. The Morgan fingerprint density at radius 2 is 2.19 bits per heavy atom. The Kier molecular flexibility index (Phi) is 3.35. The van der Waals surface area contributed by atoms with Gasteiger partial charge in [-0.3, -0.25) is 10.1 Å². The number of ether oxygens (including phenoxy) is 1. The van der Waals surface area contributed by atoms with Gasteiger partial charge in [0.15, 0.2) is 0 Å². The second kappa shape index (κ2) is 4.59. The van der Waals surface area contributed by atoms with Crippen molar-refractivity contribution in [3.8, 4) is 5.75 Å². The number of rotatable bonds is 3.